The highest BCUT2D eigenvalue weighted by Crippen LogP contribution is 2.27. The van der Waals surface area contributed by atoms with Gasteiger partial charge in [0, 0.05) is 23.1 Å². The highest BCUT2D eigenvalue weighted by atomic mass is 127. The SMILES string of the molecule is Fc1cc2nc(-c3csc(I)c3)[nH]c2cc1F. The molecule has 0 fully saturated rings. The molecule has 0 unspecified atom stereocenters. The van der Waals surface area contributed by atoms with Crippen molar-refractivity contribution in [1.29, 1.82) is 0 Å². The number of aromatic amines is 1. The Bertz CT molecular complexity index is 666. The molecule has 0 aliphatic rings. The molecule has 1 aromatic carbocycles. The molecule has 2 nitrogen and oxygen atoms in total. The number of benzene rings is 1. The summed E-state index contributed by atoms with van der Waals surface area (Å²) in [6, 6.07) is 4.19. The van der Waals surface area contributed by atoms with Gasteiger partial charge in [-0.25, -0.2) is 13.8 Å². The smallest absolute Gasteiger partial charge is 0.161 e. The molecule has 1 N–H and O–H groups in total. The number of rotatable bonds is 1. The Morgan fingerprint density at radius 2 is 1.94 bits per heavy atom. The van der Waals surface area contributed by atoms with Crippen LogP contribution in [0.3, 0.4) is 0 Å². The highest BCUT2D eigenvalue weighted by Gasteiger charge is 2.10. The number of nitrogens with one attached hydrogen (secondary N) is 1. The third kappa shape index (κ3) is 1.95. The summed E-state index contributed by atoms with van der Waals surface area (Å²) in [7, 11) is 0. The van der Waals surface area contributed by atoms with Crippen molar-refractivity contribution in [3.8, 4) is 11.4 Å². The van der Waals surface area contributed by atoms with Gasteiger partial charge in [-0.3, -0.25) is 0 Å². The van der Waals surface area contributed by atoms with Crippen molar-refractivity contribution in [3.05, 3.63) is 38.1 Å². The Balaban J connectivity index is 2.19. The van der Waals surface area contributed by atoms with Gasteiger partial charge in [-0.15, -0.1) is 11.3 Å². The molecular weight excluding hydrogens is 357 g/mol. The quantitative estimate of drug-likeness (QED) is 0.647. The summed E-state index contributed by atoms with van der Waals surface area (Å²) < 4.78 is 27.2. The first-order valence-corrected chi connectivity index (χ1v) is 6.68. The molecule has 2 heterocycles. The van der Waals surface area contributed by atoms with Crippen LogP contribution in [0.1, 0.15) is 0 Å². The summed E-state index contributed by atoms with van der Waals surface area (Å²) in [5.41, 5.74) is 1.86. The monoisotopic (exact) mass is 362 g/mol. The lowest BCUT2D eigenvalue weighted by Gasteiger charge is -1.90. The van der Waals surface area contributed by atoms with E-state index in [9.17, 15) is 8.78 Å². The molecule has 0 aliphatic heterocycles. The molecule has 0 amide bonds. The summed E-state index contributed by atoms with van der Waals surface area (Å²) in [5.74, 6) is -1.12. The third-order valence-electron chi connectivity index (χ3n) is 2.36. The number of aromatic nitrogens is 2. The molecule has 86 valence electrons. The van der Waals surface area contributed by atoms with Gasteiger partial charge >= 0.3 is 0 Å². The van der Waals surface area contributed by atoms with E-state index < -0.39 is 11.6 Å². The van der Waals surface area contributed by atoms with Crippen molar-refractivity contribution in [2.75, 3.05) is 0 Å². The second kappa shape index (κ2) is 4.02. The van der Waals surface area contributed by atoms with Gasteiger partial charge in [0.25, 0.3) is 0 Å². The molecule has 0 atom stereocenters. The molecular formula is C11H5F2IN2S. The van der Waals surface area contributed by atoms with E-state index in [1.165, 1.54) is 0 Å². The van der Waals surface area contributed by atoms with Crippen LogP contribution in [0, 0.1) is 14.5 Å². The van der Waals surface area contributed by atoms with Gasteiger partial charge in [0.05, 0.1) is 13.9 Å². The van der Waals surface area contributed by atoms with Gasteiger partial charge in [0.2, 0.25) is 0 Å². The zero-order valence-corrected chi connectivity index (χ0v) is 11.3. The predicted molar refractivity (Wildman–Crippen MR) is 72.0 cm³/mol. The van der Waals surface area contributed by atoms with Crippen LogP contribution in [0.2, 0.25) is 0 Å². The van der Waals surface area contributed by atoms with E-state index in [-0.39, 0.29) is 0 Å². The molecule has 3 rings (SSSR count). The van der Waals surface area contributed by atoms with Gasteiger partial charge in [-0.1, -0.05) is 0 Å². The molecule has 17 heavy (non-hydrogen) atoms. The number of halogens is 3. The molecule has 0 bridgehead atoms. The maximum absolute atomic E-state index is 13.0. The number of hydrogen-bond donors (Lipinski definition) is 1. The summed E-state index contributed by atoms with van der Waals surface area (Å²) >= 11 is 3.81. The standard InChI is InChI=1S/C11H5F2IN2S/c12-6-2-8-9(3-7(6)13)16-11(15-8)5-1-10(14)17-4-5/h1-4H,(H,15,16). The average Bonchev–Trinajstić information content (AvgIpc) is 2.85. The Kier molecular flexibility index (Phi) is 2.62. The van der Waals surface area contributed by atoms with E-state index in [0.29, 0.717) is 16.9 Å². The van der Waals surface area contributed by atoms with Gasteiger partial charge in [-0.2, -0.15) is 0 Å². The first-order chi connectivity index (χ1) is 8.13. The van der Waals surface area contributed by atoms with Crippen LogP contribution in [0.5, 0.6) is 0 Å². The zero-order chi connectivity index (χ0) is 12.0. The lowest BCUT2D eigenvalue weighted by Crippen LogP contribution is -1.82. The average molecular weight is 362 g/mol. The summed E-state index contributed by atoms with van der Waals surface area (Å²) in [6.07, 6.45) is 0. The maximum atomic E-state index is 13.0. The Morgan fingerprint density at radius 3 is 2.65 bits per heavy atom. The van der Waals surface area contributed by atoms with Crippen molar-refractivity contribution in [1.82, 2.24) is 9.97 Å². The number of hydrogen-bond acceptors (Lipinski definition) is 2. The Morgan fingerprint density at radius 1 is 1.18 bits per heavy atom. The van der Waals surface area contributed by atoms with E-state index in [1.54, 1.807) is 11.3 Å². The summed E-state index contributed by atoms with van der Waals surface area (Å²) in [5, 5.41) is 1.95. The molecule has 0 aliphatic carbocycles. The minimum absolute atomic E-state index is 0.431. The van der Waals surface area contributed by atoms with E-state index >= 15 is 0 Å². The first kappa shape index (κ1) is 11.1. The number of imidazole rings is 1. The fourth-order valence-electron chi connectivity index (χ4n) is 1.58. The predicted octanol–water partition coefficient (Wildman–Crippen LogP) is 4.17. The highest BCUT2D eigenvalue weighted by molar-refractivity contribution is 14.1. The van der Waals surface area contributed by atoms with E-state index in [1.807, 2.05) is 11.4 Å². The second-order valence-corrected chi connectivity index (χ2v) is 6.31. The zero-order valence-electron chi connectivity index (χ0n) is 8.30. The molecule has 3 aromatic rings. The van der Waals surface area contributed by atoms with Crippen molar-refractivity contribution < 1.29 is 8.78 Å². The Labute approximate surface area is 113 Å². The number of H-pyrrole nitrogens is 1. The number of nitrogens with zero attached hydrogens (tertiary/aromatic N) is 1. The van der Waals surface area contributed by atoms with Crippen molar-refractivity contribution in [3.63, 3.8) is 0 Å². The van der Waals surface area contributed by atoms with Crippen LogP contribution in [-0.4, -0.2) is 9.97 Å². The fraction of sp³-hybridized carbons (Fsp3) is 0. The van der Waals surface area contributed by atoms with Gasteiger partial charge in [0.15, 0.2) is 11.6 Å². The van der Waals surface area contributed by atoms with Crippen LogP contribution in [0.25, 0.3) is 22.4 Å². The van der Waals surface area contributed by atoms with Gasteiger partial charge in [0.1, 0.15) is 5.82 Å². The number of fused-ring (bicyclic) bond motifs is 1. The van der Waals surface area contributed by atoms with E-state index in [0.717, 1.165) is 20.6 Å². The van der Waals surface area contributed by atoms with E-state index in [4.69, 9.17) is 0 Å². The third-order valence-corrected chi connectivity index (χ3v) is 4.15. The molecule has 0 saturated heterocycles. The largest absolute Gasteiger partial charge is 0.338 e. The van der Waals surface area contributed by atoms with Crippen LogP contribution < -0.4 is 0 Å². The minimum atomic E-state index is -0.879. The first-order valence-electron chi connectivity index (χ1n) is 4.72. The van der Waals surface area contributed by atoms with Crippen molar-refractivity contribution in [2.24, 2.45) is 0 Å². The second-order valence-electron chi connectivity index (χ2n) is 3.51. The van der Waals surface area contributed by atoms with Crippen molar-refractivity contribution >= 4 is 45.0 Å². The van der Waals surface area contributed by atoms with Crippen molar-refractivity contribution in [2.45, 2.75) is 0 Å². The normalized spacial score (nSPS) is 11.2. The minimum Gasteiger partial charge on any atom is -0.338 e. The maximum Gasteiger partial charge on any atom is 0.161 e. The lowest BCUT2D eigenvalue weighted by atomic mass is 10.3. The van der Waals surface area contributed by atoms with Gasteiger partial charge < -0.3 is 4.98 Å². The molecule has 0 saturated carbocycles. The summed E-state index contributed by atoms with van der Waals surface area (Å²) in [4.78, 5) is 7.22. The summed E-state index contributed by atoms with van der Waals surface area (Å²) in [6.45, 7) is 0. The lowest BCUT2D eigenvalue weighted by molar-refractivity contribution is 0.510. The molecule has 0 radical (unpaired) electrons. The molecule has 0 spiro atoms. The van der Waals surface area contributed by atoms with Gasteiger partial charge in [-0.05, 0) is 28.7 Å². The molecule has 2 aromatic heterocycles. The van der Waals surface area contributed by atoms with Crippen LogP contribution in [0.4, 0.5) is 8.78 Å². The van der Waals surface area contributed by atoms with Crippen LogP contribution in [0.15, 0.2) is 23.6 Å². The van der Waals surface area contributed by atoms with Crippen LogP contribution in [-0.2, 0) is 0 Å². The fourth-order valence-corrected chi connectivity index (χ4v) is 2.91. The Hall–Kier alpha value is -1.02. The topological polar surface area (TPSA) is 28.7 Å². The molecule has 6 heteroatoms. The van der Waals surface area contributed by atoms with Crippen LogP contribution >= 0.6 is 33.9 Å². The van der Waals surface area contributed by atoms with E-state index in [2.05, 4.69) is 32.6 Å². The number of thiophene rings is 1.